The Hall–Kier alpha value is -3.69. The van der Waals surface area contributed by atoms with Gasteiger partial charge in [0.15, 0.2) is 0 Å². The van der Waals surface area contributed by atoms with E-state index in [1.54, 1.807) is 31.2 Å². The summed E-state index contributed by atoms with van der Waals surface area (Å²) in [6.45, 7) is 7.73. The number of aromatic nitrogens is 4. The number of aryl methyl sites for hydroxylation is 3. The van der Waals surface area contributed by atoms with Crippen LogP contribution in [0.2, 0.25) is 0 Å². The summed E-state index contributed by atoms with van der Waals surface area (Å²) in [6.07, 6.45) is 0. The number of anilines is 4. The lowest BCUT2D eigenvalue weighted by Gasteiger charge is -2.11. The fraction of sp³-hybridized carbons (Fsp3) is 0.278. The van der Waals surface area contributed by atoms with Crippen LogP contribution in [0.1, 0.15) is 24.0 Å². The van der Waals surface area contributed by atoms with Gasteiger partial charge in [-0.25, -0.2) is 4.98 Å². The summed E-state index contributed by atoms with van der Waals surface area (Å²) in [7, 11) is 0. The predicted octanol–water partition coefficient (Wildman–Crippen LogP) is 3.92. The topological polar surface area (TPSA) is 131 Å². The molecular weight excluding hydrogens is 362 g/mol. The molecule has 146 valence electrons. The first-order valence-electron chi connectivity index (χ1n) is 8.70. The third kappa shape index (κ3) is 4.00. The van der Waals surface area contributed by atoms with Gasteiger partial charge in [0, 0.05) is 5.69 Å². The molecule has 0 bridgehead atoms. The molecule has 0 fully saturated rings. The van der Waals surface area contributed by atoms with E-state index >= 15 is 0 Å². The summed E-state index contributed by atoms with van der Waals surface area (Å²) < 4.78 is 5.41. The van der Waals surface area contributed by atoms with Crippen LogP contribution in [0.15, 0.2) is 24.3 Å². The van der Waals surface area contributed by atoms with E-state index in [2.05, 4.69) is 30.8 Å². The highest BCUT2D eigenvalue weighted by atomic mass is 16.6. The van der Waals surface area contributed by atoms with Gasteiger partial charge >= 0.3 is 5.69 Å². The Bertz CT molecular complexity index is 980. The molecule has 2 heterocycles. The number of rotatable bonds is 7. The smallest absolute Gasteiger partial charge is 0.332 e. The van der Waals surface area contributed by atoms with Crippen LogP contribution in [0, 0.1) is 30.9 Å². The molecule has 0 saturated carbocycles. The minimum atomic E-state index is -0.496. The summed E-state index contributed by atoms with van der Waals surface area (Å²) in [6, 6.07) is 7.10. The van der Waals surface area contributed by atoms with Crippen LogP contribution in [-0.4, -0.2) is 31.7 Å². The van der Waals surface area contributed by atoms with Crippen molar-refractivity contribution in [1.82, 2.24) is 20.2 Å². The molecular formula is C18H21N7O3. The molecule has 0 aliphatic heterocycles. The molecule has 10 nitrogen and oxygen atoms in total. The number of hydrogen-bond acceptors (Lipinski definition) is 8. The molecule has 2 aromatic heterocycles. The Labute approximate surface area is 161 Å². The Kier molecular flexibility index (Phi) is 5.39. The molecule has 3 aromatic rings. The van der Waals surface area contributed by atoms with Crippen molar-refractivity contribution in [2.24, 2.45) is 0 Å². The van der Waals surface area contributed by atoms with Gasteiger partial charge in [-0.1, -0.05) is 0 Å². The number of ether oxygens (including phenoxy) is 1. The number of nitro groups is 1. The minimum Gasteiger partial charge on any atom is -0.494 e. The van der Waals surface area contributed by atoms with Crippen LogP contribution >= 0.6 is 0 Å². The molecule has 0 radical (unpaired) electrons. The molecule has 0 saturated heterocycles. The summed E-state index contributed by atoms with van der Waals surface area (Å²) in [5, 5.41) is 24.6. The maximum Gasteiger partial charge on any atom is 0.332 e. The normalized spacial score (nSPS) is 10.6. The Balaban J connectivity index is 1.95. The Morgan fingerprint density at radius 3 is 2.39 bits per heavy atom. The molecule has 0 aliphatic carbocycles. The highest BCUT2D eigenvalue weighted by Crippen LogP contribution is 2.31. The maximum atomic E-state index is 11.5. The van der Waals surface area contributed by atoms with Crippen LogP contribution in [0.5, 0.6) is 5.75 Å². The van der Waals surface area contributed by atoms with E-state index in [0.717, 1.165) is 22.8 Å². The third-order valence-corrected chi connectivity index (χ3v) is 4.03. The number of aromatic amines is 1. The van der Waals surface area contributed by atoms with E-state index < -0.39 is 4.92 Å². The van der Waals surface area contributed by atoms with E-state index in [1.807, 2.05) is 20.8 Å². The van der Waals surface area contributed by atoms with Gasteiger partial charge in [0.05, 0.1) is 28.6 Å². The number of nitrogens with zero attached hydrogens (tertiary/aromatic N) is 4. The van der Waals surface area contributed by atoms with Crippen molar-refractivity contribution in [1.29, 1.82) is 0 Å². The lowest BCUT2D eigenvalue weighted by atomic mass is 10.3. The molecule has 0 spiro atoms. The quantitative estimate of drug-likeness (QED) is 0.413. The van der Waals surface area contributed by atoms with E-state index in [9.17, 15) is 10.1 Å². The summed E-state index contributed by atoms with van der Waals surface area (Å²) in [5.74, 6) is 1.06. The van der Waals surface area contributed by atoms with Crippen molar-refractivity contribution in [3.8, 4) is 5.75 Å². The number of hydrogen-bond donors (Lipinski definition) is 3. The zero-order valence-corrected chi connectivity index (χ0v) is 16.0. The molecule has 1 aromatic carbocycles. The van der Waals surface area contributed by atoms with Crippen LogP contribution < -0.4 is 15.4 Å². The summed E-state index contributed by atoms with van der Waals surface area (Å²) in [5.41, 5.74) is 3.01. The SMILES string of the molecule is CCOc1ccc(Nc2nc(Nc3c(C)n[nH]c3C)nc(C)c2[N+](=O)[O-])cc1. The highest BCUT2D eigenvalue weighted by molar-refractivity contribution is 5.70. The molecule has 10 heteroatoms. The second-order valence-electron chi connectivity index (χ2n) is 6.10. The van der Waals surface area contributed by atoms with Gasteiger partial charge in [-0.15, -0.1) is 0 Å². The molecule has 0 atom stereocenters. The van der Waals surface area contributed by atoms with E-state index in [1.165, 1.54) is 0 Å². The maximum absolute atomic E-state index is 11.5. The average molecular weight is 383 g/mol. The van der Waals surface area contributed by atoms with Crippen LogP contribution in [-0.2, 0) is 0 Å². The predicted molar refractivity (Wildman–Crippen MR) is 106 cm³/mol. The standard InChI is InChI=1S/C18H21N7O3/c1-5-28-14-8-6-13(7-9-14)20-17-16(25(26)27)12(4)19-18(22-17)21-15-10(2)23-24-11(15)3/h6-9H,5H2,1-4H3,(H,23,24)(H2,19,20,21,22). The Morgan fingerprint density at radius 2 is 1.82 bits per heavy atom. The van der Waals surface area contributed by atoms with E-state index in [-0.39, 0.29) is 23.1 Å². The lowest BCUT2D eigenvalue weighted by molar-refractivity contribution is -0.385. The van der Waals surface area contributed by atoms with Crippen molar-refractivity contribution in [2.45, 2.75) is 27.7 Å². The second kappa shape index (κ2) is 7.91. The molecule has 0 unspecified atom stereocenters. The zero-order chi connectivity index (χ0) is 20.3. The van der Waals surface area contributed by atoms with Crippen LogP contribution in [0.4, 0.5) is 28.8 Å². The van der Waals surface area contributed by atoms with Gasteiger partial charge in [-0.05, 0) is 52.0 Å². The van der Waals surface area contributed by atoms with Gasteiger partial charge in [-0.2, -0.15) is 10.1 Å². The second-order valence-corrected chi connectivity index (χ2v) is 6.10. The molecule has 28 heavy (non-hydrogen) atoms. The fourth-order valence-electron chi connectivity index (χ4n) is 2.71. The lowest BCUT2D eigenvalue weighted by Crippen LogP contribution is -2.08. The number of H-pyrrole nitrogens is 1. The van der Waals surface area contributed by atoms with Gasteiger partial charge in [-0.3, -0.25) is 15.2 Å². The fourth-order valence-corrected chi connectivity index (χ4v) is 2.71. The van der Waals surface area contributed by atoms with E-state index in [0.29, 0.717) is 12.3 Å². The number of nitrogens with one attached hydrogen (secondary N) is 3. The summed E-state index contributed by atoms with van der Waals surface area (Å²) >= 11 is 0. The van der Waals surface area contributed by atoms with E-state index in [4.69, 9.17) is 4.74 Å². The highest BCUT2D eigenvalue weighted by Gasteiger charge is 2.23. The first kappa shape index (κ1) is 19.1. The Morgan fingerprint density at radius 1 is 1.11 bits per heavy atom. The summed E-state index contributed by atoms with van der Waals surface area (Å²) in [4.78, 5) is 19.6. The van der Waals surface area contributed by atoms with Crippen molar-refractivity contribution < 1.29 is 9.66 Å². The van der Waals surface area contributed by atoms with Crippen molar-refractivity contribution in [3.63, 3.8) is 0 Å². The monoisotopic (exact) mass is 383 g/mol. The molecule has 3 N–H and O–H groups in total. The number of benzene rings is 1. The van der Waals surface area contributed by atoms with Gasteiger partial charge in [0.2, 0.25) is 11.8 Å². The first-order valence-corrected chi connectivity index (χ1v) is 8.70. The molecule has 0 amide bonds. The first-order chi connectivity index (χ1) is 13.4. The van der Waals surface area contributed by atoms with Gasteiger partial charge in [0.25, 0.3) is 0 Å². The van der Waals surface area contributed by atoms with Crippen molar-refractivity contribution in [2.75, 3.05) is 17.2 Å². The van der Waals surface area contributed by atoms with Crippen molar-refractivity contribution in [3.05, 3.63) is 51.5 Å². The zero-order valence-electron chi connectivity index (χ0n) is 16.0. The molecule has 3 rings (SSSR count). The largest absolute Gasteiger partial charge is 0.494 e. The van der Waals surface area contributed by atoms with Crippen LogP contribution in [0.3, 0.4) is 0 Å². The van der Waals surface area contributed by atoms with Gasteiger partial charge in [0.1, 0.15) is 11.4 Å². The van der Waals surface area contributed by atoms with Gasteiger partial charge < -0.3 is 15.4 Å². The van der Waals surface area contributed by atoms with Crippen molar-refractivity contribution >= 4 is 28.8 Å². The minimum absolute atomic E-state index is 0.1000. The molecule has 0 aliphatic rings. The van der Waals surface area contributed by atoms with Crippen LogP contribution in [0.25, 0.3) is 0 Å². The average Bonchev–Trinajstić information content (AvgIpc) is 2.95. The third-order valence-electron chi connectivity index (χ3n) is 4.03.